The minimum atomic E-state index is -0.297. The Balaban J connectivity index is 2.06. The number of nitrogens with zero attached hydrogens (tertiary/aromatic N) is 3. The van der Waals surface area contributed by atoms with Gasteiger partial charge in [0.15, 0.2) is 10.8 Å². The molecule has 2 aromatic heterocycles. The zero-order valence-electron chi connectivity index (χ0n) is 14.4. The first-order valence-electron chi connectivity index (χ1n) is 7.93. The van der Waals surface area contributed by atoms with Gasteiger partial charge in [-0.2, -0.15) is 0 Å². The summed E-state index contributed by atoms with van der Waals surface area (Å²) in [6, 6.07) is 7.92. The number of benzene rings is 1. The molecular formula is C18H20N4O2S. The SMILES string of the molecule is C=CCNC(=O)[C@H](C)Sc1nnc2cc(C)c3ccc(OC)cc3n12. The number of amides is 1. The van der Waals surface area contributed by atoms with Crippen molar-refractivity contribution < 1.29 is 9.53 Å². The van der Waals surface area contributed by atoms with E-state index in [0.717, 1.165) is 27.9 Å². The van der Waals surface area contributed by atoms with E-state index in [2.05, 4.69) is 22.1 Å². The molecule has 7 heteroatoms. The van der Waals surface area contributed by atoms with Crippen LogP contribution in [0.1, 0.15) is 12.5 Å². The highest BCUT2D eigenvalue weighted by Gasteiger charge is 2.19. The molecule has 0 spiro atoms. The monoisotopic (exact) mass is 356 g/mol. The van der Waals surface area contributed by atoms with E-state index in [1.165, 1.54) is 11.8 Å². The molecule has 130 valence electrons. The lowest BCUT2D eigenvalue weighted by Gasteiger charge is -2.12. The van der Waals surface area contributed by atoms with E-state index in [1.807, 2.05) is 42.5 Å². The molecule has 3 rings (SSSR count). The number of fused-ring (bicyclic) bond motifs is 3. The molecule has 0 bridgehead atoms. The van der Waals surface area contributed by atoms with Gasteiger partial charge in [0.1, 0.15) is 5.75 Å². The first kappa shape index (κ1) is 17.3. The van der Waals surface area contributed by atoms with Crippen LogP contribution in [-0.4, -0.2) is 39.4 Å². The summed E-state index contributed by atoms with van der Waals surface area (Å²) in [4.78, 5) is 12.1. The summed E-state index contributed by atoms with van der Waals surface area (Å²) in [5.74, 6) is 0.705. The minimum absolute atomic E-state index is 0.0596. The van der Waals surface area contributed by atoms with Crippen LogP contribution in [0.25, 0.3) is 16.6 Å². The second kappa shape index (κ2) is 7.14. The lowest BCUT2D eigenvalue weighted by atomic mass is 10.1. The fraction of sp³-hybridized carbons (Fsp3) is 0.278. The topological polar surface area (TPSA) is 68.5 Å². The molecule has 0 saturated carbocycles. The molecule has 0 aliphatic heterocycles. The molecule has 0 unspecified atom stereocenters. The summed E-state index contributed by atoms with van der Waals surface area (Å²) in [5.41, 5.74) is 2.82. The number of aromatic nitrogens is 3. The van der Waals surface area contributed by atoms with Gasteiger partial charge in [-0.25, -0.2) is 0 Å². The van der Waals surface area contributed by atoms with Crippen molar-refractivity contribution in [2.45, 2.75) is 24.3 Å². The standard InChI is InChI=1S/C18H20N4O2S/c1-5-8-19-17(23)12(3)25-18-21-20-16-9-11(2)14-7-6-13(24-4)10-15(14)22(16)18/h5-7,9-10,12H,1,8H2,2-4H3,(H,19,23)/t12-/m0/s1. The van der Waals surface area contributed by atoms with Gasteiger partial charge in [0, 0.05) is 18.0 Å². The second-order valence-corrected chi connectivity index (χ2v) is 6.99. The highest BCUT2D eigenvalue weighted by molar-refractivity contribution is 8.00. The maximum atomic E-state index is 12.1. The molecule has 0 saturated heterocycles. The Morgan fingerprint density at radius 3 is 2.96 bits per heavy atom. The van der Waals surface area contributed by atoms with Crippen LogP contribution < -0.4 is 10.1 Å². The van der Waals surface area contributed by atoms with Gasteiger partial charge in [-0.05, 0) is 37.6 Å². The van der Waals surface area contributed by atoms with Crippen LogP contribution in [0, 0.1) is 6.92 Å². The van der Waals surface area contributed by atoms with Crippen molar-refractivity contribution in [2.75, 3.05) is 13.7 Å². The van der Waals surface area contributed by atoms with E-state index in [4.69, 9.17) is 4.74 Å². The fourth-order valence-corrected chi connectivity index (χ4v) is 3.53. The van der Waals surface area contributed by atoms with Crippen LogP contribution >= 0.6 is 11.8 Å². The quantitative estimate of drug-likeness (QED) is 0.543. The summed E-state index contributed by atoms with van der Waals surface area (Å²) < 4.78 is 7.32. The van der Waals surface area contributed by atoms with Gasteiger partial charge in [0.05, 0.1) is 17.9 Å². The predicted octanol–water partition coefficient (Wildman–Crippen LogP) is 2.98. The number of rotatable bonds is 6. The van der Waals surface area contributed by atoms with Gasteiger partial charge in [0.2, 0.25) is 5.91 Å². The average molecular weight is 356 g/mol. The largest absolute Gasteiger partial charge is 0.497 e. The number of hydrogen-bond donors (Lipinski definition) is 1. The highest BCUT2D eigenvalue weighted by Crippen LogP contribution is 2.30. The number of thioether (sulfide) groups is 1. The third-order valence-corrected chi connectivity index (χ3v) is 4.99. The number of hydrogen-bond acceptors (Lipinski definition) is 5. The molecular weight excluding hydrogens is 336 g/mol. The first-order chi connectivity index (χ1) is 12.0. The van der Waals surface area contributed by atoms with Crippen LogP contribution in [0.4, 0.5) is 0 Å². The Labute approximate surface area is 150 Å². The Bertz CT molecular complexity index is 951. The number of carbonyl (C=O) groups is 1. The molecule has 1 atom stereocenters. The average Bonchev–Trinajstić information content (AvgIpc) is 3.01. The lowest BCUT2D eigenvalue weighted by Crippen LogP contribution is -2.31. The number of ether oxygens (including phenoxy) is 1. The molecule has 0 radical (unpaired) electrons. The predicted molar refractivity (Wildman–Crippen MR) is 100 cm³/mol. The summed E-state index contributed by atoms with van der Waals surface area (Å²) in [6.07, 6.45) is 1.66. The van der Waals surface area contributed by atoms with Crippen molar-refractivity contribution in [3.05, 3.63) is 42.5 Å². The number of methoxy groups -OCH3 is 1. The molecule has 3 aromatic rings. The molecule has 0 aliphatic carbocycles. The van der Waals surface area contributed by atoms with Crippen molar-refractivity contribution in [2.24, 2.45) is 0 Å². The number of aryl methyl sites for hydroxylation is 1. The number of carbonyl (C=O) groups excluding carboxylic acids is 1. The van der Waals surface area contributed by atoms with Crippen LogP contribution in [0.15, 0.2) is 42.1 Å². The Hall–Kier alpha value is -2.54. The van der Waals surface area contributed by atoms with Gasteiger partial charge < -0.3 is 10.1 Å². The van der Waals surface area contributed by atoms with Crippen LogP contribution in [0.5, 0.6) is 5.75 Å². The number of nitrogens with one attached hydrogen (secondary N) is 1. The van der Waals surface area contributed by atoms with Gasteiger partial charge >= 0.3 is 0 Å². The van der Waals surface area contributed by atoms with Crippen LogP contribution in [0.2, 0.25) is 0 Å². The molecule has 1 aromatic carbocycles. The molecule has 0 aliphatic rings. The van der Waals surface area contributed by atoms with Gasteiger partial charge in [0.25, 0.3) is 0 Å². The van der Waals surface area contributed by atoms with Gasteiger partial charge in [-0.3, -0.25) is 9.20 Å². The zero-order valence-corrected chi connectivity index (χ0v) is 15.3. The van der Waals surface area contributed by atoms with Crippen molar-refractivity contribution in [3.63, 3.8) is 0 Å². The van der Waals surface area contributed by atoms with E-state index in [1.54, 1.807) is 13.2 Å². The highest BCUT2D eigenvalue weighted by atomic mass is 32.2. The third kappa shape index (κ3) is 3.32. The summed E-state index contributed by atoms with van der Waals surface area (Å²) in [6.45, 7) is 7.95. The van der Waals surface area contributed by atoms with Crippen molar-refractivity contribution in [1.82, 2.24) is 19.9 Å². The Kier molecular flexibility index (Phi) is 4.94. The maximum Gasteiger partial charge on any atom is 0.233 e. The Morgan fingerprint density at radius 2 is 2.24 bits per heavy atom. The van der Waals surface area contributed by atoms with Gasteiger partial charge in [-0.1, -0.05) is 17.8 Å². The summed E-state index contributed by atoms with van der Waals surface area (Å²) >= 11 is 1.37. The maximum absolute atomic E-state index is 12.1. The van der Waals surface area contributed by atoms with E-state index in [9.17, 15) is 4.79 Å². The molecule has 0 fully saturated rings. The molecule has 25 heavy (non-hydrogen) atoms. The lowest BCUT2D eigenvalue weighted by molar-refractivity contribution is -0.120. The molecule has 2 heterocycles. The third-order valence-electron chi connectivity index (χ3n) is 3.95. The second-order valence-electron chi connectivity index (χ2n) is 5.68. The minimum Gasteiger partial charge on any atom is -0.497 e. The van der Waals surface area contributed by atoms with Crippen molar-refractivity contribution in [1.29, 1.82) is 0 Å². The Morgan fingerprint density at radius 1 is 1.44 bits per heavy atom. The molecule has 6 nitrogen and oxygen atoms in total. The van der Waals surface area contributed by atoms with Crippen molar-refractivity contribution >= 4 is 34.2 Å². The van der Waals surface area contributed by atoms with E-state index < -0.39 is 0 Å². The normalized spacial score (nSPS) is 12.3. The van der Waals surface area contributed by atoms with E-state index in [-0.39, 0.29) is 11.2 Å². The zero-order chi connectivity index (χ0) is 18.0. The molecule has 1 amide bonds. The summed E-state index contributed by atoms with van der Waals surface area (Å²) in [5, 5.41) is 12.8. The van der Waals surface area contributed by atoms with Crippen LogP contribution in [0.3, 0.4) is 0 Å². The number of pyridine rings is 1. The fourth-order valence-electron chi connectivity index (χ4n) is 2.63. The van der Waals surface area contributed by atoms with Crippen molar-refractivity contribution in [3.8, 4) is 5.75 Å². The first-order valence-corrected chi connectivity index (χ1v) is 8.81. The van der Waals surface area contributed by atoms with E-state index in [0.29, 0.717) is 11.7 Å². The van der Waals surface area contributed by atoms with E-state index >= 15 is 0 Å². The smallest absolute Gasteiger partial charge is 0.233 e. The summed E-state index contributed by atoms with van der Waals surface area (Å²) in [7, 11) is 1.64. The van der Waals surface area contributed by atoms with Crippen LogP contribution in [-0.2, 0) is 4.79 Å². The van der Waals surface area contributed by atoms with Gasteiger partial charge in [-0.15, -0.1) is 16.8 Å². The molecule has 1 N–H and O–H groups in total.